The van der Waals surface area contributed by atoms with Crippen molar-refractivity contribution >= 4 is 10.9 Å². The summed E-state index contributed by atoms with van der Waals surface area (Å²) in [4.78, 5) is 17.4. The standard InChI is InChI=1S/C19H18FN3O/c20-14-3-1-2-12(10-14)13-4-6-16-17(11-13)22-18-7-5-15(21)8-9-23(18)19(16)24/h1-4,6,10-11,15H,5,7-9,21H2. The highest BCUT2D eigenvalue weighted by Gasteiger charge is 2.17. The van der Waals surface area contributed by atoms with Gasteiger partial charge in [-0.1, -0.05) is 18.2 Å². The quantitative estimate of drug-likeness (QED) is 0.749. The Labute approximate surface area is 138 Å². The largest absolute Gasteiger partial charge is 0.328 e. The van der Waals surface area contributed by atoms with Crippen molar-refractivity contribution in [3.05, 3.63) is 64.5 Å². The van der Waals surface area contributed by atoms with E-state index in [9.17, 15) is 9.18 Å². The van der Waals surface area contributed by atoms with Crippen LogP contribution in [-0.2, 0) is 13.0 Å². The predicted molar refractivity (Wildman–Crippen MR) is 92.3 cm³/mol. The van der Waals surface area contributed by atoms with Crippen LogP contribution in [0.3, 0.4) is 0 Å². The molecule has 2 aromatic carbocycles. The van der Waals surface area contributed by atoms with Gasteiger partial charge in [0.15, 0.2) is 0 Å². The van der Waals surface area contributed by atoms with Gasteiger partial charge in [0.2, 0.25) is 0 Å². The van der Waals surface area contributed by atoms with Crippen molar-refractivity contribution in [2.45, 2.75) is 31.8 Å². The van der Waals surface area contributed by atoms with Crippen LogP contribution in [0.25, 0.3) is 22.0 Å². The second-order valence-corrected chi connectivity index (χ2v) is 6.31. The maximum absolute atomic E-state index is 13.5. The van der Waals surface area contributed by atoms with Gasteiger partial charge in [-0.25, -0.2) is 9.37 Å². The van der Waals surface area contributed by atoms with Crippen LogP contribution in [0.1, 0.15) is 18.7 Å². The molecule has 122 valence electrons. The average molecular weight is 323 g/mol. The number of hydrogen-bond acceptors (Lipinski definition) is 3. The smallest absolute Gasteiger partial charge is 0.261 e. The van der Waals surface area contributed by atoms with E-state index in [2.05, 4.69) is 0 Å². The number of benzene rings is 2. The van der Waals surface area contributed by atoms with Gasteiger partial charge < -0.3 is 5.73 Å². The molecule has 2 N–H and O–H groups in total. The molecule has 1 atom stereocenters. The molecule has 0 radical (unpaired) electrons. The van der Waals surface area contributed by atoms with E-state index in [1.54, 1.807) is 16.7 Å². The lowest BCUT2D eigenvalue weighted by atomic mass is 10.0. The minimum Gasteiger partial charge on any atom is -0.328 e. The van der Waals surface area contributed by atoms with Gasteiger partial charge >= 0.3 is 0 Å². The molecule has 0 saturated carbocycles. The molecule has 0 saturated heterocycles. The fourth-order valence-electron chi connectivity index (χ4n) is 3.29. The van der Waals surface area contributed by atoms with E-state index in [4.69, 9.17) is 10.7 Å². The van der Waals surface area contributed by atoms with Crippen LogP contribution in [-0.4, -0.2) is 15.6 Å². The molecule has 0 aliphatic carbocycles. The second kappa shape index (κ2) is 5.83. The van der Waals surface area contributed by atoms with Gasteiger partial charge in [-0.15, -0.1) is 0 Å². The summed E-state index contributed by atoms with van der Waals surface area (Å²) in [5, 5.41) is 0.592. The molecule has 1 aliphatic rings. The summed E-state index contributed by atoms with van der Waals surface area (Å²) in [6, 6.07) is 12.0. The van der Waals surface area contributed by atoms with Gasteiger partial charge in [0.05, 0.1) is 10.9 Å². The highest BCUT2D eigenvalue weighted by Crippen LogP contribution is 2.24. The van der Waals surface area contributed by atoms with Crippen molar-refractivity contribution in [1.29, 1.82) is 0 Å². The molecule has 0 fully saturated rings. The minimum atomic E-state index is -0.281. The van der Waals surface area contributed by atoms with Crippen LogP contribution in [0, 0.1) is 5.82 Å². The van der Waals surface area contributed by atoms with Crippen molar-refractivity contribution in [2.75, 3.05) is 0 Å². The van der Waals surface area contributed by atoms with Gasteiger partial charge in [0.25, 0.3) is 5.56 Å². The van der Waals surface area contributed by atoms with E-state index in [1.165, 1.54) is 12.1 Å². The van der Waals surface area contributed by atoms with Crippen molar-refractivity contribution in [2.24, 2.45) is 5.73 Å². The Hall–Kier alpha value is -2.53. The number of halogens is 1. The molecule has 24 heavy (non-hydrogen) atoms. The minimum absolute atomic E-state index is 0.0186. The summed E-state index contributed by atoms with van der Waals surface area (Å²) in [6.07, 6.45) is 2.33. The van der Waals surface area contributed by atoms with Crippen molar-refractivity contribution in [3.8, 4) is 11.1 Å². The maximum atomic E-state index is 13.5. The van der Waals surface area contributed by atoms with Gasteiger partial charge in [0.1, 0.15) is 11.6 Å². The number of rotatable bonds is 1. The lowest BCUT2D eigenvalue weighted by Gasteiger charge is -2.11. The predicted octanol–water partition coefficient (Wildman–Crippen LogP) is 2.87. The Morgan fingerprint density at radius 2 is 1.96 bits per heavy atom. The molecular weight excluding hydrogens is 305 g/mol. The van der Waals surface area contributed by atoms with Crippen LogP contribution < -0.4 is 11.3 Å². The third-order valence-electron chi connectivity index (χ3n) is 4.65. The normalized spacial score (nSPS) is 17.5. The first-order chi connectivity index (χ1) is 11.6. The Kier molecular flexibility index (Phi) is 3.65. The summed E-state index contributed by atoms with van der Waals surface area (Å²) in [5.74, 6) is 0.508. The van der Waals surface area contributed by atoms with Crippen molar-refractivity contribution < 1.29 is 4.39 Å². The highest BCUT2D eigenvalue weighted by atomic mass is 19.1. The summed E-state index contributed by atoms with van der Waals surface area (Å²) in [5.41, 5.74) is 8.29. The Morgan fingerprint density at radius 3 is 2.79 bits per heavy atom. The fourth-order valence-corrected chi connectivity index (χ4v) is 3.29. The number of fused-ring (bicyclic) bond motifs is 2. The number of nitrogens with two attached hydrogens (primary N) is 1. The molecule has 0 bridgehead atoms. The summed E-state index contributed by atoms with van der Waals surface area (Å²) >= 11 is 0. The molecule has 0 spiro atoms. The van der Waals surface area contributed by atoms with Gasteiger partial charge in [0, 0.05) is 19.0 Å². The van der Waals surface area contributed by atoms with E-state index in [-0.39, 0.29) is 17.4 Å². The molecule has 2 heterocycles. The number of hydrogen-bond donors (Lipinski definition) is 1. The molecular formula is C19H18FN3O. The molecule has 5 heteroatoms. The van der Waals surface area contributed by atoms with Crippen molar-refractivity contribution in [1.82, 2.24) is 9.55 Å². The average Bonchev–Trinajstić information content (AvgIpc) is 2.77. The second-order valence-electron chi connectivity index (χ2n) is 6.31. The first-order valence-electron chi connectivity index (χ1n) is 8.17. The summed E-state index contributed by atoms with van der Waals surface area (Å²) in [6.45, 7) is 0.615. The lowest BCUT2D eigenvalue weighted by Crippen LogP contribution is -2.25. The fraction of sp³-hybridized carbons (Fsp3) is 0.263. The van der Waals surface area contributed by atoms with E-state index in [0.717, 1.165) is 29.8 Å². The van der Waals surface area contributed by atoms with Crippen LogP contribution >= 0.6 is 0 Å². The van der Waals surface area contributed by atoms with E-state index < -0.39 is 0 Å². The van der Waals surface area contributed by atoms with Crippen LogP contribution in [0.2, 0.25) is 0 Å². The zero-order valence-electron chi connectivity index (χ0n) is 13.2. The summed E-state index contributed by atoms with van der Waals surface area (Å²) < 4.78 is 15.2. The Balaban J connectivity index is 1.88. The molecule has 1 aliphatic heterocycles. The first-order valence-corrected chi connectivity index (χ1v) is 8.17. The Bertz CT molecular complexity index is 980. The third-order valence-corrected chi connectivity index (χ3v) is 4.65. The number of aromatic nitrogens is 2. The molecule has 4 rings (SSSR count). The molecule has 1 aromatic heterocycles. The van der Waals surface area contributed by atoms with Gasteiger partial charge in [-0.05, 0) is 48.2 Å². The monoisotopic (exact) mass is 323 g/mol. The Morgan fingerprint density at radius 1 is 1.12 bits per heavy atom. The topological polar surface area (TPSA) is 60.9 Å². The molecule has 0 amide bonds. The van der Waals surface area contributed by atoms with Crippen LogP contribution in [0.4, 0.5) is 4.39 Å². The molecule has 3 aromatic rings. The highest BCUT2D eigenvalue weighted by molar-refractivity contribution is 5.83. The third kappa shape index (κ3) is 2.61. The van der Waals surface area contributed by atoms with Gasteiger partial charge in [-0.2, -0.15) is 0 Å². The first kappa shape index (κ1) is 15.0. The van der Waals surface area contributed by atoms with E-state index in [1.807, 2.05) is 18.2 Å². The zero-order chi connectivity index (χ0) is 16.7. The zero-order valence-corrected chi connectivity index (χ0v) is 13.2. The van der Waals surface area contributed by atoms with E-state index >= 15 is 0 Å². The maximum Gasteiger partial charge on any atom is 0.261 e. The number of nitrogens with zero attached hydrogens (tertiary/aromatic N) is 2. The van der Waals surface area contributed by atoms with Crippen LogP contribution in [0.15, 0.2) is 47.3 Å². The van der Waals surface area contributed by atoms with Crippen molar-refractivity contribution in [3.63, 3.8) is 0 Å². The van der Waals surface area contributed by atoms with Crippen LogP contribution in [0.5, 0.6) is 0 Å². The molecule has 4 nitrogen and oxygen atoms in total. The SMILES string of the molecule is NC1CCc2nc3cc(-c4cccc(F)c4)ccc3c(=O)n2CC1. The van der Waals surface area contributed by atoms with Gasteiger partial charge in [-0.3, -0.25) is 9.36 Å². The lowest BCUT2D eigenvalue weighted by molar-refractivity contribution is 0.549. The number of aryl methyl sites for hydroxylation is 1. The molecule has 1 unspecified atom stereocenters. The summed E-state index contributed by atoms with van der Waals surface area (Å²) in [7, 11) is 0. The van der Waals surface area contributed by atoms with E-state index in [0.29, 0.717) is 23.9 Å².